The van der Waals surface area contributed by atoms with E-state index in [-0.39, 0.29) is 5.91 Å². The van der Waals surface area contributed by atoms with E-state index in [4.69, 9.17) is 4.98 Å². The number of hydrogen-bond donors (Lipinski definition) is 0. The van der Waals surface area contributed by atoms with Crippen molar-refractivity contribution in [2.75, 3.05) is 31.6 Å². The highest BCUT2D eigenvalue weighted by molar-refractivity contribution is 5.93. The van der Waals surface area contributed by atoms with Crippen LogP contribution in [-0.4, -0.2) is 52.4 Å². The second-order valence-electron chi connectivity index (χ2n) is 7.33. The van der Waals surface area contributed by atoms with E-state index in [2.05, 4.69) is 14.9 Å². The quantitative estimate of drug-likeness (QED) is 0.648. The zero-order valence-electron chi connectivity index (χ0n) is 16.7. The van der Waals surface area contributed by atoms with Gasteiger partial charge in [-0.3, -0.25) is 9.78 Å². The molecule has 1 amide bonds. The van der Waals surface area contributed by atoms with Crippen LogP contribution in [0.4, 0.5) is 5.82 Å². The number of carbonyl (C=O) groups is 1. The molecule has 29 heavy (non-hydrogen) atoms. The highest BCUT2D eigenvalue weighted by atomic mass is 16.2. The van der Waals surface area contributed by atoms with Crippen LogP contribution >= 0.6 is 0 Å². The molecule has 3 aromatic rings. The van der Waals surface area contributed by atoms with E-state index in [1.54, 1.807) is 12.4 Å². The average molecular weight is 387 g/mol. The summed E-state index contributed by atoms with van der Waals surface area (Å²) in [7, 11) is 2.00. The van der Waals surface area contributed by atoms with Crippen molar-refractivity contribution in [1.82, 2.24) is 19.9 Å². The predicted octanol–water partition coefficient (Wildman–Crippen LogP) is 3.45. The standard InChI is InChI=1S/C23H25N5O/c1-27(16-11-18-9-12-24-13-10-18)21-17-20(23(29)28-14-5-6-15-28)25-22(26-21)19-7-3-2-4-8-19/h2-4,7-10,12-13,17H,5-6,11,14-16H2,1H3. The van der Waals surface area contributed by atoms with E-state index in [0.29, 0.717) is 11.5 Å². The highest BCUT2D eigenvalue weighted by Crippen LogP contribution is 2.22. The molecule has 4 rings (SSSR count). The largest absolute Gasteiger partial charge is 0.359 e. The average Bonchev–Trinajstić information content (AvgIpc) is 3.33. The molecule has 2 aromatic heterocycles. The molecule has 6 heteroatoms. The summed E-state index contributed by atoms with van der Waals surface area (Å²) in [5.41, 5.74) is 2.59. The van der Waals surface area contributed by atoms with E-state index >= 15 is 0 Å². The van der Waals surface area contributed by atoms with Crippen molar-refractivity contribution < 1.29 is 4.79 Å². The first-order valence-electron chi connectivity index (χ1n) is 10.0. The summed E-state index contributed by atoms with van der Waals surface area (Å²) in [6, 6.07) is 15.7. The van der Waals surface area contributed by atoms with Crippen LogP contribution in [0.5, 0.6) is 0 Å². The van der Waals surface area contributed by atoms with Crippen LogP contribution in [0.1, 0.15) is 28.9 Å². The second kappa shape index (κ2) is 8.82. The molecule has 1 saturated heterocycles. The SMILES string of the molecule is CN(CCc1ccncc1)c1cc(C(=O)N2CCCC2)nc(-c2ccccc2)n1. The molecule has 0 saturated carbocycles. The van der Waals surface area contributed by atoms with Crippen molar-refractivity contribution in [3.63, 3.8) is 0 Å². The number of anilines is 1. The zero-order valence-corrected chi connectivity index (χ0v) is 16.7. The smallest absolute Gasteiger partial charge is 0.272 e. The fourth-order valence-electron chi connectivity index (χ4n) is 3.50. The van der Waals surface area contributed by atoms with Gasteiger partial charge in [-0.2, -0.15) is 0 Å². The maximum atomic E-state index is 13.0. The van der Waals surface area contributed by atoms with Gasteiger partial charge in [0.1, 0.15) is 11.5 Å². The summed E-state index contributed by atoms with van der Waals surface area (Å²) in [5, 5.41) is 0. The maximum Gasteiger partial charge on any atom is 0.272 e. The Morgan fingerprint density at radius 3 is 2.48 bits per heavy atom. The Labute approximate surface area is 171 Å². The third-order valence-electron chi connectivity index (χ3n) is 5.23. The van der Waals surface area contributed by atoms with Crippen molar-refractivity contribution in [2.24, 2.45) is 0 Å². The first-order chi connectivity index (χ1) is 14.2. The van der Waals surface area contributed by atoms with Gasteiger partial charge in [-0.25, -0.2) is 9.97 Å². The minimum atomic E-state index is -0.00846. The molecule has 1 aromatic carbocycles. The van der Waals surface area contributed by atoms with E-state index in [0.717, 1.165) is 50.3 Å². The molecule has 1 aliphatic heterocycles. The Bertz CT molecular complexity index is 956. The lowest BCUT2D eigenvalue weighted by Gasteiger charge is -2.21. The van der Waals surface area contributed by atoms with Gasteiger partial charge < -0.3 is 9.80 Å². The molecule has 148 valence electrons. The number of pyridine rings is 1. The van der Waals surface area contributed by atoms with E-state index in [1.807, 2.05) is 60.5 Å². The number of hydrogen-bond acceptors (Lipinski definition) is 5. The first-order valence-corrected chi connectivity index (χ1v) is 10.0. The monoisotopic (exact) mass is 387 g/mol. The van der Waals surface area contributed by atoms with E-state index in [9.17, 15) is 4.79 Å². The van der Waals surface area contributed by atoms with Crippen molar-refractivity contribution in [2.45, 2.75) is 19.3 Å². The predicted molar refractivity (Wildman–Crippen MR) is 114 cm³/mol. The third kappa shape index (κ3) is 4.59. The molecular formula is C23H25N5O. The Morgan fingerprint density at radius 2 is 1.76 bits per heavy atom. The van der Waals surface area contributed by atoms with Crippen LogP contribution in [0.2, 0.25) is 0 Å². The first kappa shape index (κ1) is 19.1. The number of aromatic nitrogens is 3. The summed E-state index contributed by atoms with van der Waals surface area (Å²) in [5.74, 6) is 1.34. The molecule has 0 spiro atoms. The Hall–Kier alpha value is -3.28. The molecular weight excluding hydrogens is 362 g/mol. The van der Waals surface area contributed by atoms with E-state index < -0.39 is 0 Å². The van der Waals surface area contributed by atoms with Gasteiger partial charge in [0.15, 0.2) is 5.82 Å². The summed E-state index contributed by atoms with van der Waals surface area (Å²) in [6.45, 7) is 2.39. The van der Waals surface area contributed by atoms with Crippen molar-refractivity contribution in [3.8, 4) is 11.4 Å². The van der Waals surface area contributed by atoms with Crippen LogP contribution in [0.3, 0.4) is 0 Å². The lowest BCUT2D eigenvalue weighted by atomic mass is 10.2. The van der Waals surface area contributed by atoms with Crippen LogP contribution in [0, 0.1) is 0 Å². The summed E-state index contributed by atoms with van der Waals surface area (Å²) in [6.07, 6.45) is 6.60. The Morgan fingerprint density at radius 1 is 1.03 bits per heavy atom. The normalized spacial score (nSPS) is 13.5. The molecule has 0 radical (unpaired) electrons. The topological polar surface area (TPSA) is 62.2 Å². The fourth-order valence-corrected chi connectivity index (χ4v) is 3.50. The number of likely N-dealkylation sites (N-methyl/N-ethyl adjacent to an activating group) is 1. The number of rotatable bonds is 6. The lowest BCUT2D eigenvalue weighted by Crippen LogP contribution is -2.29. The summed E-state index contributed by atoms with van der Waals surface area (Å²) < 4.78 is 0. The zero-order chi connectivity index (χ0) is 20.1. The second-order valence-corrected chi connectivity index (χ2v) is 7.33. The number of likely N-dealkylation sites (tertiary alicyclic amines) is 1. The Kier molecular flexibility index (Phi) is 5.79. The van der Waals surface area contributed by atoms with Crippen LogP contribution in [0.25, 0.3) is 11.4 Å². The van der Waals surface area contributed by atoms with Gasteiger partial charge >= 0.3 is 0 Å². The van der Waals surface area contributed by atoms with Crippen LogP contribution in [0.15, 0.2) is 60.9 Å². The van der Waals surface area contributed by atoms with Gasteiger partial charge in [0.2, 0.25) is 0 Å². The minimum absolute atomic E-state index is 0.00846. The molecule has 0 bridgehead atoms. The van der Waals surface area contributed by atoms with Gasteiger partial charge in [-0.05, 0) is 37.0 Å². The van der Waals surface area contributed by atoms with Gasteiger partial charge in [-0.15, -0.1) is 0 Å². The molecule has 1 fully saturated rings. The number of carbonyl (C=O) groups excluding carboxylic acids is 1. The number of amides is 1. The molecule has 6 nitrogen and oxygen atoms in total. The molecule has 3 heterocycles. The van der Waals surface area contributed by atoms with Crippen molar-refractivity contribution >= 4 is 11.7 Å². The van der Waals surface area contributed by atoms with Crippen LogP contribution < -0.4 is 4.90 Å². The maximum absolute atomic E-state index is 13.0. The minimum Gasteiger partial charge on any atom is -0.359 e. The number of benzene rings is 1. The lowest BCUT2D eigenvalue weighted by molar-refractivity contribution is 0.0787. The van der Waals surface area contributed by atoms with Crippen molar-refractivity contribution in [1.29, 1.82) is 0 Å². The van der Waals surface area contributed by atoms with E-state index in [1.165, 1.54) is 5.56 Å². The van der Waals surface area contributed by atoms with Gasteiger partial charge in [-0.1, -0.05) is 30.3 Å². The van der Waals surface area contributed by atoms with Crippen LogP contribution in [-0.2, 0) is 6.42 Å². The molecule has 0 N–H and O–H groups in total. The number of nitrogens with zero attached hydrogens (tertiary/aromatic N) is 5. The molecule has 0 unspecified atom stereocenters. The van der Waals surface area contributed by atoms with Gasteiger partial charge in [0.05, 0.1) is 0 Å². The molecule has 0 aliphatic carbocycles. The molecule has 0 atom stereocenters. The fraction of sp³-hybridized carbons (Fsp3) is 0.304. The van der Waals surface area contributed by atoms with Gasteiger partial charge in [0, 0.05) is 50.7 Å². The Balaban J connectivity index is 1.62. The highest BCUT2D eigenvalue weighted by Gasteiger charge is 2.23. The molecule has 1 aliphatic rings. The summed E-state index contributed by atoms with van der Waals surface area (Å²) >= 11 is 0. The van der Waals surface area contributed by atoms with Gasteiger partial charge in [0.25, 0.3) is 5.91 Å². The summed E-state index contributed by atoms with van der Waals surface area (Å²) in [4.78, 5) is 30.4. The van der Waals surface area contributed by atoms with Crippen molar-refractivity contribution in [3.05, 3.63) is 72.2 Å². The third-order valence-corrected chi connectivity index (χ3v) is 5.23.